The van der Waals surface area contributed by atoms with Crippen LogP contribution >= 0.6 is 0 Å². The second-order valence-corrected chi connectivity index (χ2v) is 10.9. The van der Waals surface area contributed by atoms with E-state index in [2.05, 4.69) is 21.2 Å². The van der Waals surface area contributed by atoms with Crippen molar-refractivity contribution in [2.24, 2.45) is 0 Å². The first-order valence-corrected chi connectivity index (χ1v) is 13.1. The van der Waals surface area contributed by atoms with E-state index in [-0.39, 0.29) is 87.2 Å². The minimum absolute atomic E-state index is 0. The van der Waals surface area contributed by atoms with E-state index in [0.717, 1.165) is 33.4 Å². The third kappa shape index (κ3) is 3.89. The molecular formula is C28H35AcN3O6. The number of nitrogens with one attached hydrogen (secondary N) is 1. The van der Waals surface area contributed by atoms with Gasteiger partial charge in [-0.05, 0) is 57.4 Å². The molecule has 1 unspecified atom stereocenters. The van der Waals surface area contributed by atoms with E-state index in [1.54, 1.807) is 6.92 Å². The molecule has 1 fully saturated rings. The number of carbonyl (C=O) groups excluding carboxylic acids is 1. The predicted octanol–water partition coefficient (Wildman–Crippen LogP) is 2.48. The summed E-state index contributed by atoms with van der Waals surface area (Å²) < 4.78 is 11.6. The number of aromatic hydroxyl groups is 2. The largest absolute Gasteiger partial charge is 0.507 e. The van der Waals surface area contributed by atoms with Crippen LogP contribution in [-0.2, 0) is 17.6 Å². The smallest absolute Gasteiger partial charge is 0.231 e. The Morgan fingerprint density at radius 3 is 2.47 bits per heavy atom. The molecule has 2 aromatic rings. The van der Waals surface area contributed by atoms with Crippen molar-refractivity contribution in [2.75, 3.05) is 20.4 Å². The van der Waals surface area contributed by atoms with Crippen LogP contribution in [0, 0.1) is 64.8 Å². The number of benzene rings is 2. The Morgan fingerprint density at radius 1 is 1.05 bits per heavy atom. The van der Waals surface area contributed by atoms with Gasteiger partial charge in [-0.2, -0.15) is 0 Å². The van der Waals surface area contributed by atoms with Crippen LogP contribution < -0.4 is 14.8 Å². The second kappa shape index (κ2) is 10.1. The molecule has 5 atom stereocenters. The van der Waals surface area contributed by atoms with Crippen molar-refractivity contribution in [3.05, 3.63) is 45.0 Å². The average Bonchev–Trinajstić information content (AvgIpc) is 3.37. The maximum atomic E-state index is 12.3. The van der Waals surface area contributed by atoms with Crippen LogP contribution in [0.3, 0.4) is 0 Å². The predicted molar refractivity (Wildman–Crippen MR) is 136 cm³/mol. The van der Waals surface area contributed by atoms with Gasteiger partial charge in [-0.3, -0.25) is 14.6 Å². The molecule has 1 saturated heterocycles. The van der Waals surface area contributed by atoms with Crippen LogP contribution in [0.15, 0.2) is 6.07 Å². The number of nitrogens with zero attached hydrogens (tertiary/aromatic N) is 2. The molecule has 1 amide bonds. The Morgan fingerprint density at radius 2 is 1.76 bits per heavy atom. The number of piperazine rings is 1. The molecule has 0 spiro atoms. The zero-order valence-electron chi connectivity index (χ0n) is 22.5. The van der Waals surface area contributed by atoms with Crippen molar-refractivity contribution in [3.8, 4) is 23.0 Å². The van der Waals surface area contributed by atoms with Crippen molar-refractivity contribution in [1.29, 1.82) is 0 Å². The van der Waals surface area contributed by atoms with Gasteiger partial charge in [0.05, 0.1) is 18.1 Å². The van der Waals surface area contributed by atoms with E-state index in [4.69, 9.17) is 9.47 Å². The summed E-state index contributed by atoms with van der Waals surface area (Å²) in [7, 11) is 2.00. The Balaban J connectivity index is 0.00000294. The standard InChI is InChI=1S/C28H35N3O6.Ac/c1-6-20(32)29-10-19-22-16(24(33)14(4)26-27(22)37-11-36-26)9-17-23-21-15(7-12(2)13(3)25(21)34)8-18(30(23)5)28(35)31(17)19;/h7,17-19,23,28,33-35H,6,8-11H2,1-5H3,(H,29,32);/t17?,18-,19-,23-,28-;/m0./s1. The van der Waals surface area contributed by atoms with Gasteiger partial charge in [-0.1, -0.05) is 13.0 Å². The van der Waals surface area contributed by atoms with Crippen molar-refractivity contribution in [1.82, 2.24) is 15.1 Å². The number of amides is 1. The summed E-state index contributed by atoms with van der Waals surface area (Å²) in [6, 6.07) is 1.01. The average molecular weight is 737 g/mol. The first-order chi connectivity index (χ1) is 17.6. The molecule has 2 bridgehead atoms. The summed E-state index contributed by atoms with van der Waals surface area (Å²) in [4.78, 5) is 16.6. The molecule has 2 aromatic carbocycles. The van der Waals surface area contributed by atoms with Crippen LogP contribution in [0.5, 0.6) is 23.0 Å². The zero-order valence-corrected chi connectivity index (χ0v) is 27.3. The molecule has 4 aliphatic rings. The minimum atomic E-state index is -0.832. The number of carbonyl (C=O) groups is 1. The molecule has 6 rings (SSSR count). The fourth-order valence-electron chi connectivity index (χ4n) is 7.05. The third-order valence-electron chi connectivity index (χ3n) is 9.11. The van der Waals surface area contributed by atoms with E-state index in [9.17, 15) is 20.1 Å². The summed E-state index contributed by atoms with van der Waals surface area (Å²) in [6.45, 7) is 7.85. The van der Waals surface area contributed by atoms with Gasteiger partial charge in [0, 0.05) is 85.3 Å². The SMILES string of the molecule is CCC(=O)NC[C@H]1c2c(c(O)c(C)c3c2OCO3)CC2[C@H]3c4c(cc(C)c(C)c4O)C[C@@H]([C@H](O)N21)N3C.[Ac]. The Bertz CT molecular complexity index is 1320. The van der Waals surface area contributed by atoms with Gasteiger partial charge < -0.3 is 30.1 Å². The molecule has 38 heavy (non-hydrogen) atoms. The van der Waals surface area contributed by atoms with Crippen molar-refractivity contribution >= 4 is 5.91 Å². The number of fused-ring (bicyclic) bond motifs is 9. The second-order valence-electron chi connectivity index (χ2n) is 10.9. The van der Waals surface area contributed by atoms with Crippen LogP contribution in [0.4, 0.5) is 0 Å². The topological polar surface area (TPSA) is 115 Å². The van der Waals surface area contributed by atoms with E-state index < -0.39 is 12.3 Å². The number of ether oxygens (including phenoxy) is 2. The molecule has 201 valence electrons. The van der Waals surface area contributed by atoms with Gasteiger partial charge in [-0.15, -0.1) is 0 Å². The maximum Gasteiger partial charge on any atom is 0.231 e. The molecule has 4 N–H and O–H groups in total. The summed E-state index contributed by atoms with van der Waals surface area (Å²) >= 11 is 0. The van der Waals surface area contributed by atoms with Crippen LogP contribution in [-0.4, -0.2) is 69.7 Å². The molecular weight excluding hydrogens is 701 g/mol. The first-order valence-electron chi connectivity index (χ1n) is 13.1. The number of phenols is 2. The van der Waals surface area contributed by atoms with Gasteiger partial charge >= 0.3 is 0 Å². The fraction of sp³-hybridized carbons (Fsp3) is 0.536. The summed E-state index contributed by atoms with van der Waals surface area (Å²) in [6.07, 6.45) is 0.554. The molecule has 0 aliphatic carbocycles. The summed E-state index contributed by atoms with van der Waals surface area (Å²) in [5, 5.41) is 37.6. The van der Waals surface area contributed by atoms with E-state index in [1.807, 2.05) is 27.8 Å². The molecule has 0 saturated carbocycles. The van der Waals surface area contributed by atoms with Crippen molar-refractivity contribution in [2.45, 2.75) is 77.4 Å². The number of hydrogen-bond donors (Lipinski definition) is 4. The number of aliphatic hydroxyl groups excluding tert-OH is 1. The van der Waals surface area contributed by atoms with Gasteiger partial charge in [0.25, 0.3) is 0 Å². The normalized spacial score (nSPS) is 27.2. The van der Waals surface area contributed by atoms with Crippen LogP contribution in [0.2, 0.25) is 0 Å². The number of phenolic OH excluding ortho intramolecular Hbond substituents is 2. The van der Waals surface area contributed by atoms with Gasteiger partial charge in [-0.25, -0.2) is 0 Å². The van der Waals surface area contributed by atoms with Crippen molar-refractivity contribution in [3.63, 3.8) is 0 Å². The quantitative estimate of drug-likeness (QED) is 0.381. The van der Waals surface area contributed by atoms with Gasteiger partial charge in [0.2, 0.25) is 12.7 Å². The minimum Gasteiger partial charge on any atom is -0.507 e. The number of hydrogen-bond acceptors (Lipinski definition) is 8. The zero-order chi connectivity index (χ0) is 26.3. The van der Waals surface area contributed by atoms with Crippen molar-refractivity contribution < 1.29 is 73.7 Å². The number of rotatable bonds is 3. The number of aryl methyl sites for hydroxylation is 1. The van der Waals surface area contributed by atoms with Crippen LogP contribution in [0.25, 0.3) is 0 Å². The molecule has 4 heterocycles. The maximum absolute atomic E-state index is 12.3. The van der Waals surface area contributed by atoms with E-state index in [0.29, 0.717) is 42.1 Å². The number of aliphatic hydroxyl groups is 1. The first kappa shape index (κ1) is 28.0. The Kier molecular flexibility index (Phi) is 7.45. The van der Waals surface area contributed by atoms with E-state index in [1.165, 1.54) is 0 Å². The van der Waals surface area contributed by atoms with Gasteiger partial charge in [0.15, 0.2) is 11.5 Å². The third-order valence-corrected chi connectivity index (χ3v) is 9.11. The molecule has 1 radical (unpaired) electrons. The number of likely N-dealkylation sites (N-methyl/N-ethyl adjacent to an activating group) is 1. The molecule has 0 aromatic heterocycles. The summed E-state index contributed by atoms with van der Waals surface area (Å²) in [5.74, 6) is 1.45. The molecule has 10 heteroatoms. The van der Waals surface area contributed by atoms with Gasteiger partial charge in [0.1, 0.15) is 17.7 Å². The van der Waals surface area contributed by atoms with E-state index >= 15 is 0 Å². The van der Waals surface area contributed by atoms with Crippen LogP contribution in [0.1, 0.15) is 64.4 Å². The molecule has 9 nitrogen and oxygen atoms in total. The fourth-order valence-corrected chi connectivity index (χ4v) is 7.05. The summed E-state index contributed by atoms with van der Waals surface area (Å²) in [5.41, 5.74) is 5.95. The Labute approximate surface area is 258 Å². The monoisotopic (exact) mass is 736 g/mol. The Hall–Kier alpha value is -1.57. The molecule has 4 aliphatic heterocycles.